The van der Waals surface area contributed by atoms with E-state index in [0.29, 0.717) is 0 Å². The van der Waals surface area contributed by atoms with Crippen LogP contribution in [0.1, 0.15) is 13.8 Å². The van der Waals surface area contributed by atoms with Crippen molar-refractivity contribution in [2.45, 2.75) is 19.4 Å². The molecule has 1 N–H and O–H groups in total. The molecular weight excluding hydrogens is 217 g/mol. The summed E-state index contributed by atoms with van der Waals surface area (Å²) in [5, 5.41) is 0. The van der Waals surface area contributed by atoms with Gasteiger partial charge in [-0.25, -0.2) is 0 Å². The zero-order valence-corrected chi connectivity index (χ0v) is 7.02. The zero-order chi connectivity index (χ0) is 6.20. The smallest absolute Gasteiger partial charge is 0.111 e. The lowest BCUT2D eigenvalue weighted by molar-refractivity contribution is -0.0121. The maximum absolute atomic E-state index is 5.10. The van der Waals surface area contributed by atoms with E-state index in [1.54, 1.807) is 0 Å². The number of hydroxylamine groups is 1. The molecule has 0 spiro atoms. The van der Waals surface area contributed by atoms with E-state index in [1.807, 2.05) is 19.9 Å². The summed E-state index contributed by atoms with van der Waals surface area (Å²) < 4.78 is 1.06. The lowest BCUT2D eigenvalue weighted by Gasteiger charge is -2.11. The Morgan fingerprint density at radius 2 is 2.38 bits per heavy atom. The van der Waals surface area contributed by atoms with Crippen LogP contribution in [-0.4, -0.2) is 5.60 Å². The molecule has 2 nitrogen and oxygen atoms in total. The van der Waals surface area contributed by atoms with Crippen LogP contribution in [0.2, 0.25) is 0 Å². The van der Waals surface area contributed by atoms with Gasteiger partial charge in [0.2, 0.25) is 0 Å². The molecule has 3 heteroatoms. The van der Waals surface area contributed by atoms with Gasteiger partial charge < -0.3 is 0 Å². The summed E-state index contributed by atoms with van der Waals surface area (Å²) in [5.74, 6) is 0. The molecule has 0 aromatic heterocycles. The number of rotatable bonds is 0. The largest absolute Gasteiger partial charge is 0.265 e. The van der Waals surface area contributed by atoms with Crippen molar-refractivity contribution in [3.05, 3.63) is 9.78 Å². The predicted octanol–water partition coefficient (Wildman–Crippen LogP) is 1.58. The van der Waals surface area contributed by atoms with Crippen LogP contribution in [0.25, 0.3) is 0 Å². The van der Waals surface area contributed by atoms with E-state index in [9.17, 15) is 0 Å². The normalized spacial score (nSPS) is 24.6. The van der Waals surface area contributed by atoms with Gasteiger partial charge in [0.1, 0.15) is 5.60 Å². The maximum atomic E-state index is 5.10. The third kappa shape index (κ3) is 1.35. The lowest BCUT2D eigenvalue weighted by Crippen LogP contribution is -2.20. The zero-order valence-electron chi connectivity index (χ0n) is 4.86. The molecule has 0 amide bonds. The molecule has 8 heavy (non-hydrogen) atoms. The number of nitrogens with one attached hydrogen (secondary N) is 1. The fourth-order valence-corrected chi connectivity index (χ4v) is 1.40. The van der Waals surface area contributed by atoms with E-state index in [2.05, 4.69) is 28.1 Å². The van der Waals surface area contributed by atoms with Gasteiger partial charge in [-0.1, -0.05) is 0 Å². The summed E-state index contributed by atoms with van der Waals surface area (Å²) in [5.41, 5.74) is 2.64. The van der Waals surface area contributed by atoms with Gasteiger partial charge in [0.25, 0.3) is 0 Å². The van der Waals surface area contributed by atoms with Crippen LogP contribution in [0, 0.1) is 0 Å². The summed E-state index contributed by atoms with van der Waals surface area (Å²) >= 11 is 2.18. The van der Waals surface area contributed by atoms with Crippen molar-refractivity contribution in [2.24, 2.45) is 0 Å². The van der Waals surface area contributed by atoms with Gasteiger partial charge in [-0.15, -0.1) is 0 Å². The van der Waals surface area contributed by atoms with Crippen LogP contribution in [0.4, 0.5) is 0 Å². The third-order valence-electron chi connectivity index (χ3n) is 0.886. The Morgan fingerprint density at radius 3 is 2.50 bits per heavy atom. The maximum Gasteiger partial charge on any atom is 0.111 e. The minimum atomic E-state index is -0.115. The molecule has 1 rings (SSSR count). The molecule has 1 aliphatic heterocycles. The van der Waals surface area contributed by atoms with Crippen molar-refractivity contribution >= 4 is 22.6 Å². The molecule has 46 valence electrons. The molecule has 0 atom stereocenters. The molecule has 0 aromatic carbocycles. The molecule has 1 heterocycles. The number of halogens is 1. The van der Waals surface area contributed by atoms with E-state index in [1.165, 1.54) is 0 Å². The predicted molar refractivity (Wildman–Crippen MR) is 40.4 cm³/mol. The summed E-state index contributed by atoms with van der Waals surface area (Å²) in [7, 11) is 0. The van der Waals surface area contributed by atoms with Crippen molar-refractivity contribution < 1.29 is 4.84 Å². The molecule has 0 saturated heterocycles. The minimum absolute atomic E-state index is 0.115. The van der Waals surface area contributed by atoms with Crippen molar-refractivity contribution in [1.82, 2.24) is 5.48 Å². The molecule has 0 unspecified atom stereocenters. The highest BCUT2D eigenvalue weighted by Gasteiger charge is 2.21. The van der Waals surface area contributed by atoms with Crippen molar-refractivity contribution in [3.8, 4) is 0 Å². The van der Waals surface area contributed by atoms with Crippen LogP contribution in [0.5, 0.6) is 0 Å². The number of hydrogen-bond acceptors (Lipinski definition) is 2. The van der Waals surface area contributed by atoms with Gasteiger partial charge in [-0.2, -0.15) is 0 Å². The van der Waals surface area contributed by atoms with Crippen LogP contribution < -0.4 is 5.48 Å². The first-order chi connectivity index (χ1) is 3.60. The Kier molecular flexibility index (Phi) is 1.49. The van der Waals surface area contributed by atoms with E-state index in [0.717, 1.165) is 3.70 Å². The summed E-state index contributed by atoms with van der Waals surface area (Å²) in [4.78, 5) is 5.10. The van der Waals surface area contributed by atoms with E-state index in [-0.39, 0.29) is 5.60 Å². The second-order valence-electron chi connectivity index (χ2n) is 2.30. The highest BCUT2D eigenvalue weighted by molar-refractivity contribution is 14.1. The minimum Gasteiger partial charge on any atom is -0.265 e. The SMILES string of the molecule is CC1(C)C=C(I)NO1. The first-order valence-electron chi connectivity index (χ1n) is 2.42. The Bertz CT molecular complexity index is 130. The van der Waals surface area contributed by atoms with E-state index >= 15 is 0 Å². The monoisotopic (exact) mass is 225 g/mol. The third-order valence-corrected chi connectivity index (χ3v) is 1.42. The van der Waals surface area contributed by atoms with Gasteiger partial charge in [0, 0.05) is 0 Å². The van der Waals surface area contributed by atoms with Gasteiger partial charge in [-0.3, -0.25) is 10.3 Å². The quantitative estimate of drug-likeness (QED) is 0.499. The molecule has 0 radical (unpaired) electrons. The number of hydrogen-bond donors (Lipinski definition) is 1. The molecule has 0 aromatic rings. The Balaban J connectivity index is 2.67. The second-order valence-corrected chi connectivity index (χ2v) is 3.46. The van der Waals surface area contributed by atoms with Gasteiger partial charge in [0.05, 0.1) is 3.70 Å². The standard InChI is InChI=1S/C5H8INO/c1-5(2)3-4(6)7-8-5/h3,7H,1-2H3. The molecule has 1 aliphatic rings. The van der Waals surface area contributed by atoms with E-state index < -0.39 is 0 Å². The lowest BCUT2D eigenvalue weighted by atomic mass is 10.1. The fraction of sp³-hybridized carbons (Fsp3) is 0.600. The van der Waals surface area contributed by atoms with Crippen molar-refractivity contribution in [2.75, 3.05) is 0 Å². The van der Waals surface area contributed by atoms with Crippen molar-refractivity contribution in [1.29, 1.82) is 0 Å². The van der Waals surface area contributed by atoms with Gasteiger partial charge in [-0.05, 0) is 42.5 Å². The first-order valence-corrected chi connectivity index (χ1v) is 3.50. The molecule has 0 saturated carbocycles. The highest BCUT2D eigenvalue weighted by Crippen LogP contribution is 2.21. The summed E-state index contributed by atoms with van der Waals surface area (Å²) in [6.45, 7) is 4.01. The van der Waals surface area contributed by atoms with Crippen LogP contribution in [0.3, 0.4) is 0 Å². The molecule has 0 aliphatic carbocycles. The fourth-order valence-electron chi connectivity index (χ4n) is 0.544. The van der Waals surface area contributed by atoms with Gasteiger partial charge in [0.15, 0.2) is 0 Å². The Labute approximate surface area is 62.4 Å². The van der Waals surface area contributed by atoms with Crippen LogP contribution in [-0.2, 0) is 4.84 Å². The average molecular weight is 225 g/mol. The molecule has 0 fully saturated rings. The molecule has 0 bridgehead atoms. The topological polar surface area (TPSA) is 21.3 Å². The van der Waals surface area contributed by atoms with E-state index in [4.69, 9.17) is 4.84 Å². The molecular formula is C5H8INO. The van der Waals surface area contributed by atoms with Crippen LogP contribution >= 0.6 is 22.6 Å². The summed E-state index contributed by atoms with van der Waals surface area (Å²) in [6, 6.07) is 0. The Morgan fingerprint density at radius 1 is 1.75 bits per heavy atom. The second kappa shape index (κ2) is 1.88. The van der Waals surface area contributed by atoms with Crippen molar-refractivity contribution in [3.63, 3.8) is 0 Å². The van der Waals surface area contributed by atoms with Crippen LogP contribution in [0.15, 0.2) is 9.78 Å². The highest BCUT2D eigenvalue weighted by atomic mass is 127. The van der Waals surface area contributed by atoms with Gasteiger partial charge >= 0.3 is 0 Å². The Hall–Kier alpha value is 0.230. The summed E-state index contributed by atoms with van der Waals surface area (Å²) in [6.07, 6.45) is 2.04. The first kappa shape index (κ1) is 6.35. The average Bonchev–Trinajstić information content (AvgIpc) is 1.82.